The quantitative estimate of drug-likeness (QED) is 0.275. The summed E-state index contributed by atoms with van der Waals surface area (Å²) < 4.78 is 26.7. The van der Waals surface area contributed by atoms with Crippen molar-refractivity contribution in [3.63, 3.8) is 0 Å². The van der Waals surface area contributed by atoms with Gasteiger partial charge in [-0.15, -0.1) is 0 Å². The van der Waals surface area contributed by atoms with Crippen LogP contribution in [0.25, 0.3) is 0 Å². The van der Waals surface area contributed by atoms with Gasteiger partial charge < -0.3 is 14.4 Å². The Morgan fingerprint density at radius 2 is 1.85 bits per heavy atom. The Morgan fingerprint density at radius 3 is 2.49 bits per heavy atom. The number of aromatic hydroxyl groups is 1. The highest BCUT2D eigenvalue weighted by Gasteiger charge is 2.40. The van der Waals surface area contributed by atoms with E-state index in [1.54, 1.807) is 6.07 Å². The predicted molar refractivity (Wildman–Crippen MR) is 162 cm³/mol. The van der Waals surface area contributed by atoms with Gasteiger partial charge in [0.2, 0.25) is 7.37 Å². The molecule has 3 aromatic rings. The average molecular weight is 569 g/mol. The first-order valence-corrected chi connectivity index (χ1v) is 16.3. The zero-order chi connectivity index (χ0) is 28.4. The number of aryl methyl sites for hydroxylation is 2. The van der Waals surface area contributed by atoms with Gasteiger partial charge in [-0.1, -0.05) is 70.0 Å². The molecule has 1 saturated heterocycles. The molecule has 3 atom stereocenters. The number of phenolic OH excluding ortho intramolecular Hbond substituents is 1. The third-order valence-electron chi connectivity index (χ3n) is 8.32. The number of ether oxygens (including phenoxy) is 1. The highest BCUT2D eigenvalue weighted by atomic mass is 35.5. The summed E-state index contributed by atoms with van der Waals surface area (Å²) in [6.45, 7) is 12.8. The number of phenols is 1. The van der Waals surface area contributed by atoms with Crippen molar-refractivity contribution in [2.75, 3.05) is 12.5 Å². The lowest BCUT2D eigenvalue weighted by Gasteiger charge is -2.29. The van der Waals surface area contributed by atoms with Gasteiger partial charge in [-0.05, 0) is 108 Å². The molecule has 39 heavy (non-hydrogen) atoms. The van der Waals surface area contributed by atoms with Crippen molar-refractivity contribution in [2.24, 2.45) is 5.41 Å². The van der Waals surface area contributed by atoms with Crippen LogP contribution in [0.4, 0.5) is 0 Å². The Bertz CT molecular complexity index is 1340. The molecule has 1 aliphatic rings. The van der Waals surface area contributed by atoms with Gasteiger partial charge in [-0.25, -0.2) is 0 Å². The molecular weight excluding hydrogens is 527 g/mol. The van der Waals surface area contributed by atoms with E-state index < -0.39 is 7.37 Å². The molecule has 0 amide bonds. The average Bonchev–Trinajstić information content (AvgIpc) is 3.02. The lowest BCUT2D eigenvalue weighted by atomic mass is 9.78. The van der Waals surface area contributed by atoms with Crippen LogP contribution in [-0.4, -0.2) is 17.6 Å². The maximum atomic E-state index is 14.1. The molecule has 4 rings (SSSR count). The summed E-state index contributed by atoms with van der Waals surface area (Å²) in [5.74, 6) is 1.31. The fourth-order valence-corrected chi connectivity index (χ4v) is 7.86. The Morgan fingerprint density at radius 1 is 1.13 bits per heavy atom. The standard InChI is InChI=1S/C33H42ClO4P/c1-7-33(6)13-14-39(36,38-32(20-33)26-9-8-10-27(34)19-26)21-37-28-15-23(4)30(24(5)16-28)18-25-11-12-31(35)29(17-25)22(2)3/h8-12,15-17,19,22,32,35H,7,13-14,18,20-21H2,1-6H3/t32-,33?,39+/m0/s1. The smallest absolute Gasteiger partial charge is 0.239 e. The molecule has 6 heteroatoms. The van der Waals surface area contributed by atoms with Crippen LogP contribution in [0.15, 0.2) is 54.6 Å². The molecule has 210 valence electrons. The highest BCUT2D eigenvalue weighted by molar-refractivity contribution is 7.58. The molecule has 0 saturated carbocycles. The van der Waals surface area contributed by atoms with E-state index in [2.05, 4.69) is 47.6 Å². The molecule has 1 heterocycles. The van der Waals surface area contributed by atoms with Crippen molar-refractivity contribution in [3.05, 3.63) is 93.0 Å². The van der Waals surface area contributed by atoms with Crippen molar-refractivity contribution in [1.82, 2.24) is 0 Å². The molecule has 0 bridgehead atoms. The van der Waals surface area contributed by atoms with E-state index in [0.29, 0.717) is 22.7 Å². The van der Waals surface area contributed by atoms with Crippen LogP contribution >= 0.6 is 19.0 Å². The second kappa shape index (κ2) is 12.1. The minimum Gasteiger partial charge on any atom is -0.508 e. The number of hydrogen-bond donors (Lipinski definition) is 1. The summed E-state index contributed by atoms with van der Waals surface area (Å²) >= 11 is 6.28. The van der Waals surface area contributed by atoms with Crippen LogP contribution in [0.1, 0.15) is 92.4 Å². The molecule has 0 aromatic heterocycles. The second-order valence-corrected chi connectivity index (χ2v) is 14.8. The second-order valence-electron chi connectivity index (χ2n) is 11.8. The van der Waals surface area contributed by atoms with E-state index >= 15 is 0 Å². The van der Waals surface area contributed by atoms with Gasteiger partial charge >= 0.3 is 0 Å². The van der Waals surface area contributed by atoms with Crippen molar-refractivity contribution in [2.45, 2.75) is 79.2 Å². The lowest BCUT2D eigenvalue weighted by molar-refractivity contribution is 0.138. The van der Waals surface area contributed by atoms with Crippen LogP contribution in [0.3, 0.4) is 0 Å². The van der Waals surface area contributed by atoms with Gasteiger partial charge in [0.05, 0.1) is 6.10 Å². The molecule has 0 aliphatic carbocycles. The summed E-state index contributed by atoms with van der Waals surface area (Å²) in [6.07, 6.45) is 3.68. The Kier molecular flexibility index (Phi) is 9.21. The number of halogens is 1. The fraction of sp³-hybridized carbons (Fsp3) is 0.455. The zero-order valence-corrected chi connectivity index (χ0v) is 25.7. The van der Waals surface area contributed by atoms with Crippen LogP contribution in [0.5, 0.6) is 11.5 Å². The summed E-state index contributed by atoms with van der Waals surface area (Å²) in [7, 11) is -3.06. The number of hydrogen-bond acceptors (Lipinski definition) is 4. The van der Waals surface area contributed by atoms with Crippen LogP contribution < -0.4 is 4.74 Å². The molecule has 0 radical (unpaired) electrons. The maximum absolute atomic E-state index is 14.1. The van der Waals surface area contributed by atoms with Crippen molar-refractivity contribution in [3.8, 4) is 11.5 Å². The maximum Gasteiger partial charge on any atom is 0.239 e. The summed E-state index contributed by atoms with van der Waals surface area (Å²) in [6, 6.07) is 17.6. The fourth-order valence-electron chi connectivity index (χ4n) is 5.48. The van der Waals surface area contributed by atoms with Crippen LogP contribution in [0, 0.1) is 19.3 Å². The van der Waals surface area contributed by atoms with Crippen molar-refractivity contribution >= 4 is 19.0 Å². The molecule has 1 aliphatic heterocycles. The monoisotopic (exact) mass is 568 g/mol. The Hall–Kier alpha value is -2.26. The Labute approximate surface area is 239 Å². The van der Waals surface area contributed by atoms with E-state index in [1.165, 1.54) is 11.1 Å². The first kappa shape index (κ1) is 29.7. The molecule has 1 N–H and O–H groups in total. The normalized spacial score (nSPS) is 23.5. The molecular formula is C33H42ClO4P. The van der Waals surface area contributed by atoms with E-state index in [-0.39, 0.29) is 23.8 Å². The predicted octanol–water partition coefficient (Wildman–Crippen LogP) is 9.96. The van der Waals surface area contributed by atoms with Gasteiger partial charge in [0.1, 0.15) is 11.5 Å². The minimum atomic E-state index is -3.06. The summed E-state index contributed by atoms with van der Waals surface area (Å²) in [4.78, 5) is 0. The highest BCUT2D eigenvalue weighted by Crippen LogP contribution is 2.58. The van der Waals surface area contributed by atoms with Gasteiger partial charge in [-0.3, -0.25) is 4.57 Å². The first-order chi connectivity index (χ1) is 18.4. The van der Waals surface area contributed by atoms with Crippen molar-refractivity contribution in [1.29, 1.82) is 0 Å². The molecule has 1 unspecified atom stereocenters. The van der Waals surface area contributed by atoms with E-state index in [0.717, 1.165) is 47.9 Å². The first-order valence-electron chi connectivity index (χ1n) is 14.0. The van der Waals surface area contributed by atoms with Gasteiger partial charge in [0.25, 0.3) is 0 Å². The Balaban J connectivity index is 1.52. The molecule has 4 nitrogen and oxygen atoms in total. The third-order valence-corrected chi connectivity index (χ3v) is 10.6. The number of rotatable bonds is 8. The van der Waals surface area contributed by atoms with E-state index in [4.69, 9.17) is 20.9 Å². The van der Waals surface area contributed by atoms with Crippen molar-refractivity contribution < 1.29 is 18.9 Å². The molecule has 1 fully saturated rings. The van der Waals surface area contributed by atoms with E-state index in [1.807, 2.05) is 42.5 Å². The SMILES string of the molecule is CCC1(C)CC[P@](=O)(COc2cc(C)c(Cc3ccc(O)c(C(C)C)c3)c(C)c2)O[C@H](c2cccc(Cl)c2)C1. The van der Waals surface area contributed by atoms with Gasteiger partial charge in [0, 0.05) is 11.2 Å². The topological polar surface area (TPSA) is 55.8 Å². The van der Waals surface area contributed by atoms with Gasteiger partial charge in [0.15, 0.2) is 6.35 Å². The molecule has 3 aromatic carbocycles. The zero-order valence-electron chi connectivity index (χ0n) is 24.1. The minimum absolute atomic E-state index is 0.0393. The van der Waals surface area contributed by atoms with Crippen LogP contribution in [0.2, 0.25) is 5.02 Å². The van der Waals surface area contributed by atoms with E-state index in [9.17, 15) is 9.67 Å². The third kappa shape index (κ3) is 7.28. The van der Waals surface area contributed by atoms with Crippen LogP contribution in [-0.2, 0) is 15.5 Å². The lowest BCUT2D eigenvalue weighted by Crippen LogP contribution is -2.18. The number of benzene rings is 3. The largest absolute Gasteiger partial charge is 0.508 e. The van der Waals surface area contributed by atoms with Gasteiger partial charge in [-0.2, -0.15) is 0 Å². The molecule has 0 spiro atoms. The summed E-state index contributed by atoms with van der Waals surface area (Å²) in [5, 5.41) is 10.9. The summed E-state index contributed by atoms with van der Waals surface area (Å²) in [5.41, 5.74) is 6.62.